The first-order valence-corrected chi connectivity index (χ1v) is 16.3. The van der Waals surface area contributed by atoms with Crippen molar-refractivity contribution in [2.24, 2.45) is 17.8 Å². The number of likely N-dealkylation sites (N-methyl/N-ethyl adjacent to an activating group) is 1. The Morgan fingerprint density at radius 2 is 1.70 bits per heavy atom. The normalized spacial score (nSPS) is 30.4. The molecule has 0 bridgehead atoms. The van der Waals surface area contributed by atoms with Crippen molar-refractivity contribution in [2.45, 2.75) is 155 Å². The van der Waals surface area contributed by atoms with Crippen LogP contribution in [0.5, 0.6) is 0 Å². The number of carbonyl (C=O) groups excluding carboxylic acids is 1. The van der Waals surface area contributed by atoms with Crippen molar-refractivity contribution in [1.82, 2.24) is 4.90 Å². The zero-order valence-electron chi connectivity index (χ0n) is 29.7. The number of hydrogen-bond donors (Lipinski definition) is 4. The highest BCUT2D eigenvalue weighted by molar-refractivity contribution is 5.73. The van der Waals surface area contributed by atoms with E-state index in [1.54, 1.807) is 41.9 Å². The van der Waals surface area contributed by atoms with Crippen LogP contribution in [0.15, 0.2) is 0 Å². The van der Waals surface area contributed by atoms with Gasteiger partial charge in [-0.25, -0.2) is 0 Å². The zero-order chi connectivity index (χ0) is 34.2. The molecule has 4 N–H and O–H groups in total. The maximum absolute atomic E-state index is 13.6. The van der Waals surface area contributed by atoms with Crippen molar-refractivity contribution in [3.05, 3.63) is 0 Å². The third-order valence-corrected chi connectivity index (χ3v) is 9.73. The number of esters is 1. The maximum Gasteiger partial charge on any atom is 0.311 e. The zero-order valence-corrected chi connectivity index (χ0v) is 29.7. The molecule has 1 aliphatic heterocycles. The second-order valence-electron chi connectivity index (χ2n) is 14.1. The van der Waals surface area contributed by atoms with Crippen LogP contribution in [0.3, 0.4) is 0 Å². The minimum atomic E-state index is -1.74. The number of methoxy groups -OCH3 is 2. The largest absolute Gasteiger partial charge is 0.459 e. The average molecular weight is 636 g/mol. The molecule has 0 radical (unpaired) electrons. The highest BCUT2D eigenvalue weighted by Gasteiger charge is 2.48. The second-order valence-corrected chi connectivity index (χ2v) is 14.1. The predicted octanol–water partition coefficient (Wildman–Crippen LogP) is 3.13. The lowest BCUT2D eigenvalue weighted by Gasteiger charge is -2.45. The van der Waals surface area contributed by atoms with Crippen molar-refractivity contribution < 1.29 is 48.9 Å². The van der Waals surface area contributed by atoms with E-state index in [1.165, 1.54) is 6.92 Å². The maximum atomic E-state index is 13.6. The lowest BCUT2D eigenvalue weighted by atomic mass is 9.85. The van der Waals surface area contributed by atoms with Crippen molar-refractivity contribution >= 4 is 5.97 Å². The molecule has 0 aromatic carbocycles. The molecular formula is C33H65NO10. The van der Waals surface area contributed by atoms with Gasteiger partial charge in [0.05, 0.1) is 35.9 Å². The summed E-state index contributed by atoms with van der Waals surface area (Å²) in [6, 6.07) is -0.475. The van der Waals surface area contributed by atoms with Crippen molar-refractivity contribution in [3.8, 4) is 0 Å². The number of hydrogen-bond acceptors (Lipinski definition) is 11. The van der Waals surface area contributed by atoms with Crippen molar-refractivity contribution in [1.29, 1.82) is 0 Å². The second kappa shape index (κ2) is 17.3. The Kier molecular flexibility index (Phi) is 16.2. The van der Waals surface area contributed by atoms with E-state index in [0.717, 1.165) is 6.42 Å². The molecule has 0 aromatic heterocycles. The molecule has 1 rings (SSSR count). The molecule has 44 heavy (non-hydrogen) atoms. The average Bonchev–Trinajstić information content (AvgIpc) is 2.94. The first-order chi connectivity index (χ1) is 20.2. The van der Waals surface area contributed by atoms with Crippen LogP contribution in [-0.4, -0.2) is 125 Å². The number of carbonyl (C=O) groups is 1. The number of nitrogens with zero attached hydrogens (tertiary/aromatic N) is 1. The molecule has 1 heterocycles. The third kappa shape index (κ3) is 10.8. The Morgan fingerprint density at radius 1 is 1.11 bits per heavy atom. The number of ether oxygens (including phenoxy) is 5. The molecule has 0 spiro atoms. The molecule has 11 heteroatoms. The van der Waals surface area contributed by atoms with Gasteiger partial charge in [0.25, 0.3) is 0 Å². The van der Waals surface area contributed by atoms with Crippen LogP contribution in [-0.2, 0) is 28.5 Å². The van der Waals surface area contributed by atoms with Gasteiger partial charge in [-0.05, 0) is 73.3 Å². The molecule has 1 aliphatic rings. The molecule has 0 aromatic rings. The summed E-state index contributed by atoms with van der Waals surface area (Å²) in [4.78, 5) is 15.5. The van der Waals surface area contributed by atoms with Crippen molar-refractivity contribution in [2.75, 3.05) is 34.4 Å². The molecular weight excluding hydrogens is 570 g/mol. The van der Waals surface area contributed by atoms with E-state index < -0.39 is 71.5 Å². The van der Waals surface area contributed by atoms with Gasteiger partial charge in [0.2, 0.25) is 0 Å². The lowest BCUT2D eigenvalue weighted by Crippen LogP contribution is -2.59. The molecule has 0 saturated carbocycles. The standard InChI is InChI=1S/C33H65NO10/c1-14-21(4)27(44-26-17-32(9,41-13)29(36)24(7)42-26)22(5)30(37)43-25(15-2)33(10,39)28(35)23(6)34(11)18-20(3)16-31(8,38)19-40-12/h20-29,35-36,38-39H,14-19H2,1-13H3/t20-,21-,22?,23?,24?,25-,26+,27+,28?,29+,31-,32-,33-/m1/s1. The predicted molar refractivity (Wildman–Crippen MR) is 169 cm³/mol. The van der Waals surface area contributed by atoms with Crippen LogP contribution >= 0.6 is 0 Å². The topological polar surface area (TPSA) is 147 Å². The molecule has 13 atom stereocenters. The van der Waals surface area contributed by atoms with Gasteiger partial charge in [0, 0.05) is 33.2 Å². The van der Waals surface area contributed by atoms with Crippen LogP contribution in [0, 0.1) is 17.8 Å². The van der Waals surface area contributed by atoms with Crippen LogP contribution in [0.4, 0.5) is 0 Å². The van der Waals surface area contributed by atoms with Crippen LogP contribution < -0.4 is 0 Å². The number of rotatable bonds is 19. The van der Waals surface area contributed by atoms with Gasteiger partial charge in [-0.1, -0.05) is 34.1 Å². The van der Waals surface area contributed by atoms with Crippen molar-refractivity contribution in [3.63, 3.8) is 0 Å². The molecule has 0 amide bonds. The Labute approximate surface area is 266 Å². The Morgan fingerprint density at radius 3 is 2.20 bits per heavy atom. The fourth-order valence-corrected chi connectivity index (χ4v) is 6.51. The van der Waals surface area contributed by atoms with E-state index in [0.29, 0.717) is 13.0 Å². The Balaban J connectivity index is 3.01. The molecule has 1 saturated heterocycles. The van der Waals surface area contributed by atoms with E-state index in [1.807, 2.05) is 46.6 Å². The highest BCUT2D eigenvalue weighted by Crippen LogP contribution is 2.35. The molecule has 0 aliphatic carbocycles. The summed E-state index contributed by atoms with van der Waals surface area (Å²) >= 11 is 0. The smallest absolute Gasteiger partial charge is 0.311 e. The Hall–Kier alpha value is -0.890. The van der Waals surface area contributed by atoms with E-state index >= 15 is 0 Å². The van der Waals surface area contributed by atoms with E-state index in [9.17, 15) is 25.2 Å². The van der Waals surface area contributed by atoms with Gasteiger partial charge in [-0.2, -0.15) is 0 Å². The third-order valence-electron chi connectivity index (χ3n) is 9.73. The SMILES string of the molecule is CC[C@@H](C)[C@H](O[C@H]1C[C@@](C)(OC)[C@@H](O)C(C)O1)C(C)C(=O)O[C@H](CC)[C@@](C)(O)C(O)C(C)N(C)C[C@H](C)C[C@@](C)(O)COC. The van der Waals surface area contributed by atoms with E-state index in [-0.39, 0.29) is 31.3 Å². The summed E-state index contributed by atoms with van der Waals surface area (Å²) in [5.41, 5.74) is -3.57. The van der Waals surface area contributed by atoms with E-state index in [4.69, 9.17) is 23.7 Å². The highest BCUT2D eigenvalue weighted by atomic mass is 16.7. The van der Waals surface area contributed by atoms with Gasteiger partial charge < -0.3 is 49.0 Å². The molecule has 1 fully saturated rings. The van der Waals surface area contributed by atoms with Gasteiger partial charge in [-0.3, -0.25) is 4.79 Å². The van der Waals surface area contributed by atoms with Gasteiger partial charge >= 0.3 is 5.97 Å². The molecule has 262 valence electrons. The summed E-state index contributed by atoms with van der Waals surface area (Å²) in [6.07, 6.45) is -2.99. The van der Waals surface area contributed by atoms with Gasteiger partial charge in [0.15, 0.2) is 6.29 Å². The van der Waals surface area contributed by atoms with Gasteiger partial charge in [-0.15, -0.1) is 0 Å². The minimum absolute atomic E-state index is 0.0244. The van der Waals surface area contributed by atoms with Crippen LogP contribution in [0.25, 0.3) is 0 Å². The first kappa shape index (κ1) is 41.1. The summed E-state index contributed by atoms with van der Waals surface area (Å²) < 4.78 is 29.0. The van der Waals surface area contributed by atoms with Crippen LogP contribution in [0.1, 0.15) is 94.9 Å². The fourth-order valence-electron chi connectivity index (χ4n) is 6.51. The van der Waals surface area contributed by atoms with Gasteiger partial charge in [0.1, 0.15) is 23.9 Å². The summed E-state index contributed by atoms with van der Waals surface area (Å²) in [7, 11) is 4.95. The van der Waals surface area contributed by atoms with Crippen LogP contribution in [0.2, 0.25) is 0 Å². The monoisotopic (exact) mass is 635 g/mol. The number of aliphatic hydroxyl groups excluding tert-OH is 2. The summed E-state index contributed by atoms with van der Waals surface area (Å²) in [6.45, 7) is 19.0. The minimum Gasteiger partial charge on any atom is -0.459 e. The Bertz CT molecular complexity index is 856. The van der Waals surface area contributed by atoms with E-state index in [2.05, 4.69) is 0 Å². The summed E-state index contributed by atoms with van der Waals surface area (Å²) in [5, 5.41) is 44.0. The first-order valence-electron chi connectivity index (χ1n) is 16.3. The molecule has 4 unspecified atom stereocenters. The number of aliphatic hydroxyl groups is 4. The lowest BCUT2D eigenvalue weighted by molar-refractivity contribution is -0.295. The quantitative estimate of drug-likeness (QED) is 0.155. The summed E-state index contributed by atoms with van der Waals surface area (Å²) in [5.74, 6) is -1.18. The molecule has 11 nitrogen and oxygen atoms in total. The fraction of sp³-hybridized carbons (Fsp3) is 0.970.